The number of aromatic nitrogens is 3. The van der Waals surface area contributed by atoms with Crippen molar-refractivity contribution in [2.45, 2.75) is 146 Å². The van der Waals surface area contributed by atoms with E-state index in [9.17, 15) is 41.9 Å². The van der Waals surface area contributed by atoms with Gasteiger partial charge in [0.25, 0.3) is 0 Å². The van der Waals surface area contributed by atoms with Crippen LogP contribution in [0.2, 0.25) is 0 Å². The third-order valence-corrected chi connectivity index (χ3v) is 14.1. The Morgan fingerprint density at radius 1 is 0.921 bits per heavy atom. The number of alkyl halides is 3. The maximum absolute atomic E-state index is 13.2. The van der Waals surface area contributed by atoms with Gasteiger partial charge in [-0.3, -0.25) is 24.2 Å². The Morgan fingerprint density at radius 3 is 2.25 bits per heavy atom. The van der Waals surface area contributed by atoms with E-state index >= 15 is 0 Å². The summed E-state index contributed by atoms with van der Waals surface area (Å²) in [5.74, 6) is 0.761. The minimum Gasteiger partial charge on any atom is -0.381 e. The lowest BCUT2D eigenvalue weighted by atomic mass is 9.87. The fourth-order valence-corrected chi connectivity index (χ4v) is 9.41. The highest BCUT2D eigenvalue weighted by Gasteiger charge is 2.39. The Kier molecular flexibility index (Phi) is 30.3. The summed E-state index contributed by atoms with van der Waals surface area (Å²) in [5, 5.41) is 11.8. The Balaban J connectivity index is 0.000000292. The number of carbonyl (C=O) groups excluding carboxylic acids is 6. The number of ether oxygens (including phenoxy) is 2. The number of benzene rings is 1. The molecule has 1 aromatic carbocycles. The van der Waals surface area contributed by atoms with Gasteiger partial charge in [-0.1, -0.05) is 6.07 Å². The van der Waals surface area contributed by atoms with Crippen molar-refractivity contribution in [3.8, 4) is 0 Å². The molecule has 0 radical (unpaired) electrons. The third kappa shape index (κ3) is 22.1. The van der Waals surface area contributed by atoms with Crippen LogP contribution in [-0.4, -0.2) is 171 Å². The van der Waals surface area contributed by atoms with Crippen molar-refractivity contribution >= 4 is 53.4 Å². The van der Waals surface area contributed by atoms with Gasteiger partial charge < -0.3 is 60.8 Å². The highest BCUT2D eigenvalue weighted by molar-refractivity contribution is 5.93. The molecule has 4 aliphatic rings. The summed E-state index contributed by atoms with van der Waals surface area (Å²) < 4.78 is 49.8. The Morgan fingerprint density at radius 2 is 1.64 bits per heavy atom. The maximum atomic E-state index is 13.2. The molecule has 2 aromatic heterocycles. The number of halogens is 3. The van der Waals surface area contributed by atoms with Crippen molar-refractivity contribution in [1.29, 1.82) is 0 Å². The van der Waals surface area contributed by atoms with Gasteiger partial charge in [0.2, 0.25) is 24.1 Å². The quantitative estimate of drug-likeness (QED) is 0.0619. The lowest BCUT2D eigenvalue weighted by Crippen LogP contribution is -2.46. The maximum Gasteiger partial charge on any atom is 0.416 e. The fourth-order valence-electron chi connectivity index (χ4n) is 9.41. The molecule has 7 rings (SSSR count). The van der Waals surface area contributed by atoms with E-state index in [0.717, 1.165) is 81.6 Å². The Labute approximate surface area is 446 Å². The first-order valence-corrected chi connectivity index (χ1v) is 26.6. The lowest BCUT2D eigenvalue weighted by molar-refractivity contribution is -0.137. The number of pyridine rings is 1. The van der Waals surface area contributed by atoms with Gasteiger partial charge in [0, 0.05) is 100 Å². The SMILES string of the molecule is CC(C)N(C)C1CCC(N2CCC(Nc3ncnc4ccc(C(F)(F)F)cc34)C2=O)CC1.CN.CN1C(=O)CCC1c1cccnc1.CNC1CCC(C=O)CC1.O=CCCOCCNC(=O)CCOCCCNC=O. The van der Waals surface area contributed by atoms with Crippen molar-refractivity contribution in [2.24, 2.45) is 11.7 Å². The standard InChI is InChI=1S/C23H30F3N5O.C12H22N2O5.C10H12N2O.C8H15NO.CH5N/c1-14(2)30(3)16-5-7-17(8-6-16)31-11-10-20(22(31)32)29-21-18-12-15(23(24,25)26)4-9-19(18)27-13-28-21;15-6-2-8-19-10-5-14-12(17)3-9-18-7-1-4-13-11-16;1-12-9(4-5-10(12)13)8-3-2-6-11-7-8;1-9-8-4-2-7(6-10)3-5-8;1-2/h4,9,12-14,16-17,20H,5-8,10-11H2,1-3H3,(H,27,28,29);6,11H,1-5,7-10H2,(H,13,16)(H,14,17);2-3,6-7,9H,4-5H2,1H3;6-9H,2-5H2,1H3;2H2,1H3. The first-order chi connectivity index (χ1) is 36.6. The number of rotatable bonds is 22. The van der Waals surface area contributed by atoms with Crippen LogP contribution < -0.4 is 27.0 Å². The second-order valence-electron chi connectivity index (χ2n) is 19.3. The lowest BCUT2D eigenvalue weighted by Gasteiger charge is -2.39. The summed E-state index contributed by atoms with van der Waals surface area (Å²) in [5.41, 5.74) is 5.28. The molecule has 0 bridgehead atoms. The summed E-state index contributed by atoms with van der Waals surface area (Å²) in [6, 6.07) is 9.00. The number of aldehydes is 2. The van der Waals surface area contributed by atoms with E-state index in [1.807, 2.05) is 37.3 Å². The molecule has 2 atom stereocenters. The van der Waals surface area contributed by atoms with E-state index in [-0.39, 0.29) is 41.0 Å². The number of anilines is 1. The molecule has 22 heteroatoms. The molecule has 2 unspecified atom stereocenters. The molecule has 424 valence electrons. The number of carbonyl (C=O) groups is 6. The van der Waals surface area contributed by atoms with E-state index in [1.165, 1.54) is 32.3 Å². The van der Waals surface area contributed by atoms with Gasteiger partial charge in [-0.25, -0.2) is 9.97 Å². The second-order valence-corrected chi connectivity index (χ2v) is 19.3. The first kappa shape index (κ1) is 64.6. The zero-order valence-electron chi connectivity index (χ0n) is 45.4. The van der Waals surface area contributed by atoms with Gasteiger partial charge in [-0.2, -0.15) is 13.2 Å². The number of fused-ring (bicyclic) bond motifs is 1. The smallest absolute Gasteiger partial charge is 0.381 e. The van der Waals surface area contributed by atoms with E-state index in [0.29, 0.717) is 108 Å². The largest absolute Gasteiger partial charge is 0.416 e. The molecular weight excluding hydrogens is 988 g/mol. The van der Waals surface area contributed by atoms with Crippen molar-refractivity contribution in [3.63, 3.8) is 0 Å². The normalized spacial score (nSPS) is 21.2. The zero-order chi connectivity index (χ0) is 55.9. The number of amides is 4. The van der Waals surface area contributed by atoms with Crippen LogP contribution in [-0.2, 0) is 44.4 Å². The molecule has 2 aliphatic carbocycles. The van der Waals surface area contributed by atoms with E-state index < -0.39 is 17.8 Å². The topological polar surface area (TPSA) is 243 Å². The number of hydrogen-bond donors (Lipinski definition) is 5. The minimum absolute atomic E-state index is 0.00408. The summed E-state index contributed by atoms with van der Waals surface area (Å²) in [7, 11) is 7.51. The van der Waals surface area contributed by atoms with Crippen LogP contribution in [0.3, 0.4) is 0 Å². The molecule has 4 amide bonds. The second kappa shape index (κ2) is 35.6. The third-order valence-electron chi connectivity index (χ3n) is 14.1. The van der Waals surface area contributed by atoms with Gasteiger partial charge in [0.1, 0.15) is 30.8 Å². The molecule has 6 N–H and O–H groups in total. The minimum atomic E-state index is -4.45. The number of nitrogens with two attached hydrogens (primary N) is 1. The van der Waals surface area contributed by atoms with Gasteiger partial charge in [-0.15, -0.1) is 0 Å². The van der Waals surface area contributed by atoms with Gasteiger partial charge in [-0.05, 0) is 135 Å². The molecule has 4 heterocycles. The van der Waals surface area contributed by atoms with E-state index in [1.54, 1.807) is 11.1 Å². The van der Waals surface area contributed by atoms with Crippen LogP contribution in [0.25, 0.3) is 10.9 Å². The van der Waals surface area contributed by atoms with Crippen molar-refractivity contribution in [3.05, 3.63) is 60.2 Å². The number of nitrogens with zero attached hydrogens (tertiary/aromatic N) is 6. The molecule has 2 aliphatic heterocycles. The van der Waals surface area contributed by atoms with Gasteiger partial charge in [0.05, 0.1) is 36.9 Å². The van der Waals surface area contributed by atoms with Gasteiger partial charge >= 0.3 is 6.18 Å². The van der Waals surface area contributed by atoms with Crippen molar-refractivity contribution < 1.29 is 51.4 Å². The number of likely N-dealkylation sites (tertiary alicyclic amines) is 2. The Bertz CT molecular complexity index is 2160. The Hall–Kier alpha value is -5.68. The predicted molar refractivity (Wildman–Crippen MR) is 286 cm³/mol. The van der Waals surface area contributed by atoms with Crippen LogP contribution in [0.1, 0.15) is 121 Å². The van der Waals surface area contributed by atoms with Crippen molar-refractivity contribution in [1.82, 2.24) is 45.6 Å². The molecular formula is C54H84F3N11O8. The molecule has 2 saturated carbocycles. The summed E-state index contributed by atoms with van der Waals surface area (Å²) in [6.45, 7) is 7.72. The van der Waals surface area contributed by atoms with Crippen LogP contribution in [0.5, 0.6) is 0 Å². The molecule has 0 spiro atoms. The summed E-state index contributed by atoms with van der Waals surface area (Å²) in [6.07, 6.45) is 15.1. The summed E-state index contributed by atoms with van der Waals surface area (Å²) >= 11 is 0. The molecule has 3 aromatic rings. The highest BCUT2D eigenvalue weighted by Crippen LogP contribution is 2.35. The van der Waals surface area contributed by atoms with Crippen LogP contribution in [0.15, 0.2) is 49.1 Å². The number of hydrogen-bond acceptors (Lipinski definition) is 15. The molecule has 76 heavy (non-hydrogen) atoms. The molecule has 2 saturated heterocycles. The van der Waals surface area contributed by atoms with Crippen molar-refractivity contribution in [2.75, 3.05) is 79.6 Å². The summed E-state index contributed by atoms with van der Waals surface area (Å²) in [4.78, 5) is 84.4. The van der Waals surface area contributed by atoms with Crippen LogP contribution >= 0.6 is 0 Å². The fraction of sp³-hybridized carbons (Fsp3) is 0.648. The monoisotopic (exact) mass is 1070 g/mol. The van der Waals surface area contributed by atoms with E-state index in [2.05, 4.69) is 67.7 Å². The first-order valence-electron chi connectivity index (χ1n) is 26.6. The van der Waals surface area contributed by atoms with Crippen LogP contribution in [0.4, 0.5) is 19.0 Å². The average molecular weight is 1070 g/mol. The number of nitrogens with one attached hydrogen (secondary N) is 4. The predicted octanol–water partition coefficient (Wildman–Crippen LogP) is 5.48. The zero-order valence-corrected chi connectivity index (χ0v) is 45.4. The molecule has 4 fully saturated rings. The van der Waals surface area contributed by atoms with Crippen LogP contribution in [0, 0.1) is 5.92 Å². The van der Waals surface area contributed by atoms with E-state index in [4.69, 9.17) is 9.47 Å². The molecule has 19 nitrogen and oxygen atoms in total. The highest BCUT2D eigenvalue weighted by atomic mass is 19.4. The average Bonchev–Trinajstić information content (AvgIpc) is 3.98. The van der Waals surface area contributed by atoms with Gasteiger partial charge in [0.15, 0.2) is 0 Å².